The summed E-state index contributed by atoms with van der Waals surface area (Å²) < 4.78 is 57.5. The lowest BCUT2D eigenvalue weighted by atomic mass is 10.1. The maximum absolute atomic E-state index is 13.6. The molecule has 4 aromatic rings. The molecule has 2 aromatic carbocycles. The highest BCUT2D eigenvalue weighted by Gasteiger charge is 2.31. The van der Waals surface area contributed by atoms with E-state index in [9.17, 15) is 32.2 Å². The molecule has 1 aliphatic heterocycles. The molecule has 0 unspecified atom stereocenters. The third-order valence-electron chi connectivity index (χ3n) is 6.56. The van der Waals surface area contributed by atoms with Gasteiger partial charge in [-0.3, -0.25) is 32.7 Å². The molecule has 3 heterocycles. The summed E-state index contributed by atoms with van der Waals surface area (Å²) in [6, 6.07) is 12.7. The van der Waals surface area contributed by atoms with Gasteiger partial charge in [-0.2, -0.15) is 8.42 Å². The van der Waals surface area contributed by atoms with Crippen LogP contribution in [0.4, 0.5) is 17.1 Å². The number of aromatic hydroxyl groups is 1. The van der Waals surface area contributed by atoms with Gasteiger partial charge in [0, 0.05) is 18.3 Å². The number of carbonyl (C=O) groups excluding carboxylic acids is 1. The monoisotopic (exact) mass is 627 g/mol. The zero-order valence-electron chi connectivity index (χ0n) is 23.0. The number of carbonyl (C=O) groups is 1. The summed E-state index contributed by atoms with van der Waals surface area (Å²) in [6.07, 6.45) is 2.16. The van der Waals surface area contributed by atoms with Crippen molar-refractivity contribution >= 4 is 60.8 Å². The lowest BCUT2D eigenvalue weighted by molar-refractivity contribution is 0.1000. The minimum Gasteiger partial charge on any atom is -0.506 e. The van der Waals surface area contributed by atoms with Gasteiger partial charge < -0.3 is 16.2 Å². The Balaban J connectivity index is 1.48. The molecular weight excluding hydrogens is 598 g/mol. The molecule has 5 rings (SSSR count). The SMILES string of the molecule is CC(C)CCn1c(=O)c(C2=NS(O)(O)c3cc(NS(=O)(=O)Nc4cccc(C(N)=O)c4)ccc3N2)c(O)c2cccnc21. The quantitative estimate of drug-likeness (QED) is 0.143. The van der Waals surface area contributed by atoms with Crippen LogP contribution in [0, 0.1) is 5.92 Å². The number of benzene rings is 2. The molecule has 1 amide bonds. The van der Waals surface area contributed by atoms with E-state index in [0.29, 0.717) is 13.0 Å². The Labute approximate surface area is 248 Å². The molecule has 43 heavy (non-hydrogen) atoms. The van der Waals surface area contributed by atoms with Gasteiger partial charge in [0.15, 0.2) is 5.84 Å². The van der Waals surface area contributed by atoms with Crippen LogP contribution in [0.1, 0.15) is 36.2 Å². The topological polar surface area (TPSA) is 221 Å². The standard InChI is InChI=1S/C27H29N7O7S2/c1-15(2)10-12-34-26-19(7-4-11-29-26)23(35)22(27(34)37)25-30-20-9-8-18(14-21(20)42(38,39)33-25)32-43(40,41)31-17-6-3-5-16(13-17)24(28)36/h3-9,11,13-15,31-32,35,38-39H,10,12H2,1-2H3,(H2,28,36)(H,30,33). The summed E-state index contributed by atoms with van der Waals surface area (Å²) in [5, 5.41) is 14.3. The fourth-order valence-corrected chi connectivity index (χ4v) is 6.61. The number of hydrogen-bond donors (Lipinski definition) is 7. The molecule has 0 atom stereocenters. The fraction of sp³-hybridized carbons (Fsp3) is 0.185. The van der Waals surface area contributed by atoms with E-state index in [0.717, 1.165) is 0 Å². The van der Waals surface area contributed by atoms with Gasteiger partial charge in [0.2, 0.25) is 5.91 Å². The average molecular weight is 628 g/mol. The number of aryl methyl sites for hydroxylation is 1. The van der Waals surface area contributed by atoms with E-state index in [-0.39, 0.29) is 55.9 Å². The number of primary amides is 1. The Kier molecular flexibility index (Phi) is 7.78. The lowest BCUT2D eigenvalue weighted by Crippen LogP contribution is -2.32. The Morgan fingerprint density at radius 2 is 1.81 bits per heavy atom. The number of aromatic nitrogens is 2. The molecule has 8 N–H and O–H groups in total. The van der Waals surface area contributed by atoms with E-state index in [1.807, 2.05) is 13.8 Å². The second-order valence-corrected chi connectivity index (χ2v) is 13.3. The first-order valence-corrected chi connectivity index (χ1v) is 15.9. The molecule has 226 valence electrons. The maximum Gasteiger partial charge on any atom is 0.321 e. The van der Waals surface area contributed by atoms with Crippen LogP contribution in [-0.4, -0.2) is 43.9 Å². The minimum absolute atomic E-state index is 0.0339. The minimum atomic E-state index is -4.24. The predicted octanol–water partition coefficient (Wildman–Crippen LogP) is 3.91. The first kappa shape index (κ1) is 29.8. The van der Waals surface area contributed by atoms with Gasteiger partial charge in [-0.15, -0.1) is 4.40 Å². The van der Waals surface area contributed by atoms with Crippen molar-refractivity contribution < 1.29 is 27.4 Å². The molecule has 2 aromatic heterocycles. The number of nitrogens with zero attached hydrogens (tertiary/aromatic N) is 3. The van der Waals surface area contributed by atoms with Crippen molar-refractivity contribution in [2.24, 2.45) is 16.0 Å². The van der Waals surface area contributed by atoms with Crippen LogP contribution in [0.15, 0.2) is 74.9 Å². The van der Waals surface area contributed by atoms with E-state index in [2.05, 4.69) is 24.1 Å². The molecule has 0 radical (unpaired) electrons. The van der Waals surface area contributed by atoms with Crippen LogP contribution in [0.3, 0.4) is 0 Å². The van der Waals surface area contributed by atoms with Crippen LogP contribution in [0.25, 0.3) is 11.0 Å². The van der Waals surface area contributed by atoms with Crippen LogP contribution in [0.2, 0.25) is 0 Å². The number of pyridine rings is 2. The van der Waals surface area contributed by atoms with Crippen molar-refractivity contribution in [2.75, 3.05) is 14.8 Å². The number of amides is 1. The molecule has 16 heteroatoms. The van der Waals surface area contributed by atoms with E-state index in [1.54, 1.807) is 12.1 Å². The van der Waals surface area contributed by atoms with Gasteiger partial charge in [0.1, 0.15) is 21.9 Å². The van der Waals surface area contributed by atoms with Gasteiger partial charge in [0.25, 0.3) is 5.56 Å². The summed E-state index contributed by atoms with van der Waals surface area (Å²) in [5.41, 5.74) is 4.93. The highest BCUT2D eigenvalue weighted by Crippen LogP contribution is 2.56. The molecule has 0 saturated carbocycles. The smallest absolute Gasteiger partial charge is 0.321 e. The largest absolute Gasteiger partial charge is 0.506 e. The van der Waals surface area contributed by atoms with Crippen LogP contribution in [0.5, 0.6) is 5.75 Å². The summed E-state index contributed by atoms with van der Waals surface area (Å²) >= 11 is 0. The second kappa shape index (κ2) is 11.2. The lowest BCUT2D eigenvalue weighted by Gasteiger charge is -2.34. The average Bonchev–Trinajstić information content (AvgIpc) is 2.92. The normalized spacial score (nSPS) is 14.9. The third-order valence-corrected chi connectivity index (χ3v) is 8.93. The number of nitrogens with one attached hydrogen (secondary N) is 3. The van der Waals surface area contributed by atoms with Crippen LogP contribution >= 0.6 is 10.8 Å². The van der Waals surface area contributed by atoms with Crippen molar-refractivity contribution in [1.82, 2.24) is 9.55 Å². The summed E-state index contributed by atoms with van der Waals surface area (Å²) in [4.78, 5) is 29.2. The van der Waals surface area contributed by atoms with Gasteiger partial charge in [-0.25, -0.2) is 4.98 Å². The Morgan fingerprint density at radius 3 is 2.51 bits per heavy atom. The zero-order valence-corrected chi connectivity index (χ0v) is 24.6. The number of rotatable bonds is 9. The Hall–Kier alpha value is -4.64. The first-order chi connectivity index (χ1) is 20.3. The van der Waals surface area contributed by atoms with Crippen LogP contribution < -0.4 is 26.1 Å². The van der Waals surface area contributed by atoms with Gasteiger partial charge in [0.05, 0.1) is 22.4 Å². The number of amidine groups is 1. The van der Waals surface area contributed by atoms with Gasteiger partial charge in [-0.05, 0) is 60.9 Å². The third kappa shape index (κ3) is 6.12. The predicted molar refractivity (Wildman–Crippen MR) is 166 cm³/mol. The van der Waals surface area contributed by atoms with E-state index in [1.165, 1.54) is 53.2 Å². The Morgan fingerprint density at radius 1 is 1.09 bits per heavy atom. The molecular formula is C27H29N7O7S2. The molecule has 14 nitrogen and oxygen atoms in total. The molecule has 0 aliphatic carbocycles. The van der Waals surface area contributed by atoms with Gasteiger partial charge in [-0.1, -0.05) is 30.7 Å². The van der Waals surface area contributed by atoms with Gasteiger partial charge >= 0.3 is 10.2 Å². The van der Waals surface area contributed by atoms with Crippen molar-refractivity contribution in [1.29, 1.82) is 0 Å². The van der Waals surface area contributed by atoms with Crippen molar-refractivity contribution in [3.63, 3.8) is 0 Å². The highest BCUT2D eigenvalue weighted by atomic mass is 32.3. The van der Waals surface area contributed by atoms with Crippen molar-refractivity contribution in [2.45, 2.75) is 31.7 Å². The number of anilines is 3. The van der Waals surface area contributed by atoms with Crippen molar-refractivity contribution in [3.05, 3.63) is 82.3 Å². The number of hydrogen-bond acceptors (Lipinski definition) is 10. The van der Waals surface area contributed by atoms with E-state index >= 15 is 0 Å². The van der Waals surface area contributed by atoms with Crippen molar-refractivity contribution in [3.8, 4) is 5.75 Å². The Bertz CT molecular complexity index is 1960. The molecule has 1 aliphatic rings. The molecule has 0 spiro atoms. The molecule has 0 fully saturated rings. The first-order valence-electron chi connectivity index (χ1n) is 13.0. The zero-order chi connectivity index (χ0) is 31.1. The molecule has 0 saturated heterocycles. The molecule has 0 bridgehead atoms. The summed E-state index contributed by atoms with van der Waals surface area (Å²) in [6.45, 7) is 4.32. The maximum atomic E-state index is 13.6. The van der Waals surface area contributed by atoms with E-state index in [4.69, 9.17) is 5.73 Å². The second-order valence-electron chi connectivity index (χ2n) is 10.2. The van der Waals surface area contributed by atoms with E-state index < -0.39 is 38.2 Å². The highest BCUT2D eigenvalue weighted by molar-refractivity contribution is 8.23. The summed E-state index contributed by atoms with van der Waals surface area (Å²) in [7, 11) is -8.21. The fourth-order valence-electron chi connectivity index (χ4n) is 4.49. The number of fused-ring (bicyclic) bond motifs is 2. The van der Waals surface area contributed by atoms with Crippen LogP contribution in [-0.2, 0) is 16.8 Å². The number of nitrogens with two attached hydrogens (primary N) is 1. The summed E-state index contributed by atoms with van der Waals surface area (Å²) in [5.74, 6) is -1.14.